The first-order valence-corrected chi connectivity index (χ1v) is 8.21. The molecule has 3 heteroatoms. The van der Waals surface area contributed by atoms with Crippen LogP contribution in [0.3, 0.4) is 0 Å². The van der Waals surface area contributed by atoms with Crippen molar-refractivity contribution in [3.05, 3.63) is 35.2 Å². The fourth-order valence-electron chi connectivity index (χ4n) is 2.53. The highest BCUT2D eigenvalue weighted by atomic mass is 32.1. The van der Waals surface area contributed by atoms with Gasteiger partial charge < -0.3 is 5.73 Å². The fraction of sp³-hybridized carbons (Fsp3) is 0.529. The molecule has 2 rings (SSSR count). The summed E-state index contributed by atoms with van der Waals surface area (Å²) in [6.07, 6.45) is 0. The molecule has 0 fully saturated rings. The van der Waals surface area contributed by atoms with Crippen LogP contribution in [-0.4, -0.2) is 24.5 Å². The van der Waals surface area contributed by atoms with Crippen molar-refractivity contribution >= 4 is 21.4 Å². The number of benzene rings is 1. The average molecular weight is 290 g/mol. The third-order valence-corrected chi connectivity index (χ3v) is 5.28. The van der Waals surface area contributed by atoms with E-state index in [0.717, 1.165) is 19.6 Å². The van der Waals surface area contributed by atoms with Gasteiger partial charge in [-0.05, 0) is 42.9 Å². The minimum absolute atomic E-state index is 0.168. The standard InChI is InChI=1S/C17H26N2S/c1-5-19(12-17(3,4)11-18)13(2)16-10-14-8-6-7-9-15(14)20-16/h6-10,13H,5,11-12,18H2,1-4H3. The Morgan fingerprint density at radius 3 is 2.60 bits per heavy atom. The zero-order chi connectivity index (χ0) is 14.8. The molecule has 0 spiro atoms. The van der Waals surface area contributed by atoms with Crippen molar-refractivity contribution in [2.45, 2.75) is 33.7 Å². The van der Waals surface area contributed by atoms with Crippen LogP contribution in [0.1, 0.15) is 38.6 Å². The molecule has 2 aromatic rings. The Morgan fingerprint density at radius 2 is 2.00 bits per heavy atom. The average Bonchev–Trinajstić information content (AvgIpc) is 2.88. The Kier molecular flexibility index (Phi) is 4.84. The van der Waals surface area contributed by atoms with Crippen LogP contribution in [0.2, 0.25) is 0 Å². The molecule has 0 radical (unpaired) electrons. The van der Waals surface area contributed by atoms with E-state index in [2.05, 4.69) is 62.9 Å². The highest BCUT2D eigenvalue weighted by Crippen LogP contribution is 2.33. The maximum Gasteiger partial charge on any atom is 0.0413 e. The van der Waals surface area contributed by atoms with Crippen LogP contribution >= 0.6 is 11.3 Å². The number of nitrogens with zero attached hydrogens (tertiary/aromatic N) is 1. The lowest BCUT2D eigenvalue weighted by molar-refractivity contribution is 0.149. The minimum atomic E-state index is 0.168. The van der Waals surface area contributed by atoms with Gasteiger partial charge in [-0.1, -0.05) is 39.0 Å². The maximum absolute atomic E-state index is 5.89. The van der Waals surface area contributed by atoms with Gasteiger partial charge >= 0.3 is 0 Å². The minimum Gasteiger partial charge on any atom is -0.330 e. The lowest BCUT2D eigenvalue weighted by Crippen LogP contribution is -2.39. The second-order valence-corrected chi connectivity index (χ2v) is 7.41. The van der Waals surface area contributed by atoms with E-state index >= 15 is 0 Å². The van der Waals surface area contributed by atoms with E-state index in [-0.39, 0.29) is 5.41 Å². The van der Waals surface area contributed by atoms with Crippen molar-refractivity contribution < 1.29 is 0 Å². The van der Waals surface area contributed by atoms with Gasteiger partial charge in [0.2, 0.25) is 0 Å². The number of hydrogen-bond acceptors (Lipinski definition) is 3. The number of rotatable bonds is 6. The largest absolute Gasteiger partial charge is 0.330 e. The smallest absolute Gasteiger partial charge is 0.0413 e. The summed E-state index contributed by atoms with van der Waals surface area (Å²) in [5.41, 5.74) is 6.05. The Morgan fingerprint density at radius 1 is 1.30 bits per heavy atom. The van der Waals surface area contributed by atoms with Crippen molar-refractivity contribution in [2.24, 2.45) is 11.1 Å². The van der Waals surface area contributed by atoms with Crippen LogP contribution in [0.5, 0.6) is 0 Å². The molecule has 0 saturated carbocycles. The van der Waals surface area contributed by atoms with E-state index in [1.54, 1.807) is 0 Å². The topological polar surface area (TPSA) is 29.3 Å². The first-order chi connectivity index (χ1) is 9.46. The molecule has 1 aromatic carbocycles. The summed E-state index contributed by atoms with van der Waals surface area (Å²) in [5.74, 6) is 0. The third-order valence-electron chi connectivity index (χ3n) is 3.99. The molecule has 2 nitrogen and oxygen atoms in total. The molecule has 0 saturated heterocycles. The summed E-state index contributed by atoms with van der Waals surface area (Å²) in [7, 11) is 0. The lowest BCUT2D eigenvalue weighted by Gasteiger charge is -2.34. The Balaban J connectivity index is 2.21. The van der Waals surface area contributed by atoms with Crippen LogP contribution in [0.25, 0.3) is 10.1 Å². The zero-order valence-corrected chi connectivity index (χ0v) is 13.8. The van der Waals surface area contributed by atoms with Crippen molar-refractivity contribution in [3.63, 3.8) is 0 Å². The van der Waals surface area contributed by atoms with Crippen LogP contribution in [0.4, 0.5) is 0 Å². The van der Waals surface area contributed by atoms with Gasteiger partial charge in [-0.2, -0.15) is 0 Å². The molecule has 0 amide bonds. The second-order valence-electron chi connectivity index (χ2n) is 6.29. The van der Waals surface area contributed by atoms with Crippen molar-refractivity contribution in [2.75, 3.05) is 19.6 Å². The van der Waals surface area contributed by atoms with E-state index in [9.17, 15) is 0 Å². The molecule has 0 aliphatic carbocycles. The summed E-state index contributed by atoms with van der Waals surface area (Å²) in [6, 6.07) is 11.4. The molecule has 0 aliphatic rings. The molecule has 1 heterocycles. The van der Waals surface area contributed by atoms with Gasteiger partial charge in [0.15, 0.2) is 0 Å². The van der Waals surface area contributed by atoms with E-state index in [4.69, 9.17) is 5.73 Å². The van der Waals surface area contributed by atoms with Gasteiger partial charge in [0.25, 0.3) is 0 Å². The third kappa shape index (κ3) is 3.40. The highest BCUT2D eigenvalue weighted by molar-refractivity contribution is 7.19. The van der Waals surface area contributed by atoms with Gasteiger partial charge in [-0.15, -0.1) is 11.3 Å². The number of fused-ring (bicyclic) bond motifs is 1. The normalized spacial score (nSPS) is 14.1. The number of thiophene rings is 1. The SMILES string of the molecule is CCN(CC(C)(C)CN)C(C)c1cc2ccccc2s1. The summed E-state index contributed by atoms with van der Waals surface area (Å²) in [4.78, 5) is 3.97. The van der Waals surface area contributed by atoms with Gasteiger partial charge in [-0.3, -0.25) is 4.90 Å². The van der Waals surface area contributed by atoms with Gasteiger partial charge in [-0.25, -0.2) is 0 Å². The second kappa shape index (κ2) is 6.25. The Labute approximate surface area is 126 Å². The predicted octanol–water partition coefficient (Wildman–Crippen LogP) is 4.27. The Bertz CT molecular complexity index is 526. The summed E-state index contributed by atoms with van der Waals surface area (Å²) < 4.78 is 1.38. The summed E-state index contributed by atoms with van der Waals surface area (Å²) in [6.45, 7) is 11.8. The molecular formula is C17H26N2S. The molecule has 1 unspecified atom stereocenters. The summed E-state index contributed by atoms with van der Waals surface area (Å²) in [5, 5.41) is 1.36. The van der Waals surface area contributed by atoms with Crippen LogP contribution in [0, 0.1) is 5.41 Å². The Hall–Kier alpha value is -0.900. The molecule has 110 valence electrons. The van der Waals surface area contributed by atoms with E-state index < -0.39 is 0 Å². The van der Waals surface area contributed by atoms with E-state index in [0.29, 0.717) is 6.04 Å². The van der Waals surface area contributed by atoms with Crippen molar-refractivity contribution in [1.29, 1.82) is 0 Å². The first kappa shape index (κ1) is 15.5. The van der Waals surface area contributed by atoms with Crippen LogP contribution < -0.4 is 5.73 Å². The first-order valence-electron chi connectivity index (χ1n) is 7.39. The number of hydrogen-bond donors (Lipinski definition) is 1. The fourth-order valence-corrected chi connectivity index (χ4v) is 3.68. The van der Waals surface area contributed by atoms with E-state index in [1.165, 1.54) is 15.0 Å². The highest BCUT2D eigenvalue weighted by Gasteiger charge is 2.24. The molecule has 2 N–H and O–H groups in total. The quantitative estimate of drug-likeness (QED) is 0.861. The molecule has 1 atom stereocenters. The molecular weight excluding hydrogens is 264 g/mol. The molecule has 20 heavy (non-hydrogen) atoms. The lowest BCUT2D eigenvalue weighted by atomic mass is 9.92. The van der Waals surface area contributed by atoms with Gasteiger partial charge in [0, 0.05) is 22.2 Å². The zero-order valence-electron chi connectivity index (χ0n) is 13.0. The monoisotopic (exact) mass is 290 g/mol. The van der Waals surface area contributed by atoms with E-state index in [1.807, 2.05) is 11.3 Å². The molecule has 0 bridgehead atoms. The van der Waals surface area contributed by atoms with Gasteiger partial charge in [0.05, 0.1) is 0 Å². The molecule has 0 aliphatic heterocycles. The van der Waals surface area contributed by atoms with Crippen LogP contribution in [0.15, 0.2) is 30.3 Å². The van der Waals surface area contributed by atoms with Crippen molar-refractivity contribution in [3.8, 4) is 0 Å². The summed E-state index contributed by atoms with van der Waals surface area (Å²) >= 11 is 1.91. The molecule has 1 aromatic heterocycles. The maximum atomic E-state index is 5.89. The predicted molar refractivity (Wildman–Crippen MR) is 90.3 cm³/mol. The van der Waals surface area contributed by atoms with Gasteiger partial charge in [0.1, 0.15) is 0 Å². The van der Waals surface area contributed by atoms with Crippen LogP contribution in [-0.2, 0) is 0 Å². The number of nitrogens with two attached hydrogens (primary N) is 1. The van der Waals surface area contributed by atoms with Crippen molar-refractivity contribution in [1.82, 2.24) is 4.90 Å².